The number of carbonyl (C=O) groups excluding carboxylic acids is 3. The molecule has 1 aliphatic rings. The van der Waals surface area contributed by atoms with Crippen LogP contribution in [0, 0.1) is 5.82 Å². The van der Waals surface area contributed by atoms with E-state index in [1.54, 1.807) is 0 Å². The number of thioether (sulfide) groups is 1. The molecule has 2 N–H and O–H groups in total. The molecule has 0 radical (unpaired) electrons. The van der Waals surface area contributed by atoms with E-state index < -0.39 is 28.1 Å². The fourth-order valence-corrected chi connectivity index (χ4v) is 3.32. The Balaban J connectivity index is 1.66. The van der Waals surface area contributed by atoms with Crippen LogP contribution in [0.15, 0.2) is 48.5 Å². The molecule has 0 spiro atoms. The zero-order chi connectivity index (χ0) is 18.0. The quantitative estimate of drug-likeness (QED) is 0.818. The van der Waals surface area contributed by atoms with Crippen LogP contribution in [0.2, 0.25) is 0 Å². The first kappa shape index (κ1) is 17.0. The molecule has 1 saturated heterocycles. The second-order valence-corrected chi connectivity index (χ2v) is 6.48. The minimum Gasteiger partial charge on any atom is -0.508 e. The topological polar surface area (TPSA) is 86.7 Å². The van der Waals surface area contributed by atoms with Crippen molar-refractivity contribution in [2.24, 2.45) is 0 Å². The number of phenols is 1. The van der Waals surface area contributed by atoms with E-state index in [0.29, 0.717) is 5.69 Å². The van der Waals surface area contributed by atoms with Gasteiger partial charge in [0.1, 0.15) is 16.8 Å². The van der Waals surface area contributed by atoms with Crippen LogP contribution in [0.5, 0.6) is 5.75 Å². The molecule has 25 heavy (non-hydrogen) atoms. The molecular weight excluding hydrogens is 347 g/mol. The highest BCUT2D eigenvalue weighted by atomic mass is 32.2. The largest absolute Gasteiger partial charge is 0.508 e. The third-order valence-corrected chi connectivity index (χ3v) is 4.57. The van der Waals surface area contributed by atoms with Crippen LogP contribution < -0.4 is 10.2 Å². The summed E-state index contributed by atoms with van der Waals surface area (Å²) in [6.07, 6.45) is -0.173. The van der Waals surface area contributed by atoms with Crippen LogP contribution in [-0.4, -0.2) is 27.4 Å². The highest BCUT2D eigenvalue weighted by Crippen LogP contribution is 2.33. The molecule has 1 atom stereocenters. The van der Waals surface area contributed by atoms with Crippen LogP contribution in [-0.2, 0) is 9.59 Å². The van der Waals surface area contributed by atoms with E-state index in [-0.39, 0.29) is 17.9 Å². The standard InChI is InChI=1S/C17H13FN2O4S/c18-10-1-5-12(6-2-10)20-16(23)14(25-17(20)24)9-15(22)19-11-3-7-13(21)8-4-11/h1-8,14,21H,9H2,(H,19,22). The molecule has 3 rings (SSSR count). The van der Waals surface area contributed by atoms with E-state index >= 15 is 0 Å². The molecule has 0 saturated carbocycles. The van der Waals surface area contributed by atoms with E-state index in [0.717, 1.165) is 28.8 Å². The number of imide groups is 1. The number of anilines is 2. The van der Waals surface area contributed by atoms with Gasteiger partial charge in [0.25, 0.3) is 5.24 Å². The number of hydrogen-bond donors (Lipinski definition) is 2. The molecule has 6 nitrogen and oxygen atoms in total. The van der Waals surface area contributed by atoms with E-state index in [1.807, 2.05) is 0 Å². The monoisotopic (exact) mass is 360 g/mol. The van der Waals surface area contributed by atoms with Crippen LogP contribution in [0.25, 0.3) is 0 Å². The Labute approximate surface area is 146 Å². The number of benzene rings is 2. The number of nitrogens with zero attached hydrogens (tertiary/aromatic N) is 1. The number of halogens is 1. The van der Waals surface area contributed by atoms with Gasteiger partial charge in [0.2, 0.25) is 11.8 Å². The summed E-state index contributed by atoms with van der Waals surface area (Å²) in [5.41, 5.74) is 0.741. The number of amides is 3. The zero-order valence-corrected chi connectivity index (χ0v) is 13.6. The summed E-state index contributed by atoms with van der Waals surface area (Å²) in [5.74, 6) is -1.34. The zero-order valence-electron chi connectivity index (χ0n) is 12.8. The molecule has 128 valence electrons. The molecule has 0 aliphatic carbocycles. The van der Waals surface area contributed by atoms with Gasteiger partial charge >= 0.3 is 0 Å². The van der Waals surface area contributed by atoms with E-state index in [4.69, 9.17) is 0 Å². The van der Waals surface area contributed by atoms with Crippen molar-refractivity contribution < 1.29 is 23.9 Å². The van der Waals surface area contributed by atoms with Crippen LogP contribution in [0.4, 0.5) is 20.6 Å². The van der Waals surface area contributed by atoms with E-state index in [1.165, 1.54) is 36.4 Å². The minimum absolute atomic E-state index is 0.0695. The molecule has 2 aromatic rings. The summed E-state index contributed by atoms with van der Waals surface area (Å²) in [5, 5.41) is 10.5. The van der Waals surface area contributed by atoms with Gasteiger partial charge in [-0.3, -0.25) is 14.4 Å². The van der Waals surface area contributed by atoms with Gasteiger partial charge in [-0.2, -0.15) is 0 Å². The minimum atomic E-state index is -0.838. The van der Waals surface area contributed by atoms with Gasteiger partial charge in [-0.05, 0) is 60.3 Å². The predicted molar refractivity (Wildman–Crippen MR) is 92.0 cm³/mol. The second kappa shape index (κ2) is 6.94. The lowest BCUT2D eigenvalue weighted by Gasteiger charge is -2.13. The van der Waals surface area contributed by atoms with Crippen molar-refractivity contribution in [1.29, 1.82) is 0 Å². The Morgan fingerprint density at radius 3 is 2.40 bits per heavy atom. The lowest BCUT2D eigenvalue weighted by molar-refractivity contribution is -0.121. The Hall–Kier alpha value is -2.87. The van der Waals surface area contributed by atoms with Crippen LogP contribution >= 0.6 is 11.8 Å². The van der Waals surface area contributed by atoms with E-state index in [2.05, 4.69) is 5.32 Å². The molecule has 1 aliphatic heterocycles. The van der Waals surface area contributed by atoms with Gasteiger partial charge in [0, 0.05) is 12.1 Å². The van der Waals surface area contributed by atoms with Crippen molar-refractivity contribution in [3.8, 4) is 5.75 Å². The van der Waals surface area contributed by atoms with Gasteiger partial charge in [0.05, 0.1) is 5.69 Å². The predicted octanol–water partition coefficient (Wildman–Crippen LogP) is 3.13. The van der Waals surface area contributed by atoms with Gasteiger partial charge in [-0.25, -0.2) is 9.29 Å². The summed E-state index contributed by atoms with van der Waals surface area (Å²) in [7, 11) is 0. The smallest absolute Gasteiger partial charge is 0.293 e. The maximum absolute atomic E-state index is 13.0. The maximum Gasteiger partial charge on any atom is 0.293 e. The average Bonchev–Trinajstić information content (AvgIpc) is 2.84. The summed E-state index contributed by atoms with van der Waals surface area (Å²) in [4.78, 5) is 37.5. The second-order valence-electron chi connectivity index (χ2n) is 5.32. The van der Waals surface area contributed by atoms with Crippen LogP contribution in [0.3, 0.4) is 0 Å². The third-order valence-electron chi connectivity index (χ3n) is 3.53. The van der Waals surface area contributed by atoms with Crippen molar-refractivity contribution in [2.75, 3.05) is 10.2 Å². The normalized spacial score (nSPS) is 17.0. The average molecular weight is 360 g/mol. The highest BCUT2D eigenvalue weighted by Gasteiger charge is 2.41. The first-order valence-corrected chi connectivity index (χ1v) is 8.21. The number of hydrogen-bond acceptors (Lipinski definition) is 5. The van der Waals surface area contributed by atoms with Gasteiger partial charge in [-0.1, -0.05) is 0 Å². The molecular formula is C17H13FN2O4S. The Bertz CT molecular complexity index is 824. The summed E-state index contributed by atoms with van der Waals surface area (Å²) >= 11 is 0.765. The third kappa shape index (κ3) is 3.80. The fourth-order valence-electron chi connectivity index (χ4n) is 2.34. The van der Waals surface area contributed by atoms with Crippen molar-refractivity contribution >= 4 is 40.2 Å². The van der Waals surface area contributed by atoms with Gasteiger partial charge in [0.15, 0.2) is 0 Å². The number of phenolic OH excluding ortho intramolecular Hbond substituents is 1. The lowest BCUT2D eigenvalue weighted by atomic mass is 10.2. The maximum atomic E-state index is 13.0. The SMILES string of the molecule is O=C(CC1SC(=O)N(c2ccc(F)cc2)C1=O)Nc1ccc(O)cc1. The Kier molecular flexibility index (Phi) is 4.71. The van der Waals surface area contributed by atoms with Crippen molar-refractivity contribution in [3.63, 3.8) is 0 Å². The first-order valence-electron chi connectivity index (χ1n) is 7.33. The molecule has 1 fully saturated rings. The molecule has 0 aromatic heterocycles. The Morgan fingerprint density at radius 1 is 1.12 bits per heavy atom. The number of nitrogens with one attached hydrogen (secondary N) is 1. The van der Waals surface area contributed by atoms with Crippen molar-refractivity contribution in [2.45, 2.75) is 11.7 Å². The molecule has 2 aromatic carbocycles. The summed E-state index contributed by atoms with van der Waals surface area (Å²) in [6.45, 7) is 0. The summed E-state index contributed by atoms with van der Waals surface area (Å²) < 4.78 is 13.0. The fraction of sp³-hybridized carbons (Fsp3) is 0.118. The molecule has 8 heteroatoms. The molecule has 1 unspecified atom stereocenters. The Morgan fingerprint density at radius 2 is 1.76 bits per heavy atom. The molecule has 0 bridgehead atoms. The number of rotatable bonds is 4. The molecule has 3 amide bonds. The number of aromatic hydroxyl groups is 1. The van der Waals surface area contributed by atoms with Crippen LogP contribution in [0.1, 0.15) is 6.42 Å². The summed E-state index contributed by atoms with van der Waals surface area (Å²) in [6, 6.07) is 10.9. The van der Waals surface area contributed by atoms with E-state index in [9.17, 15) is 23.9 Å². The number of carbonyl (C=O) groups is 3. The van der Waals surface area contributed by atoms with Crippen molar-refractivity contribution in [3.05, 3.63) is 54.3 Å². The first-order chi connectivity index (χ1) is 11.9. The lowest BCUT2D eigenvalue weighted by Crippen LogP contribution is -2.32. The van der Waals surface area contributed by atoms with Gasteiger partial charge in [-0.15, -0.1) is 0 Å². The molecule has 1 heterocycles. The highest BCUT2D eigenvalue weighted by molar-refractivity contribution is 8.15. The van der Waals surface area contributed by atoms with Gasteiger partial charge < -0.3 is 10.4 Å². The van der Waals surface area contributed by atoms with Crippen molar-refractivity contribution in [1.82, 2.24) is 0 Å².